The van der Waals surface area contributed by atoms with Gasteiger partial charge >= 0.3 is 6.09 Å². The van der Waals surface area contributed by atoms with Crippen molar-refractivity contribution >= 4 is 23.4 Å². The highest BCUT2D eigenvalue weighted by atomic mass is 32.2. The highest BCUT2D eigenvalue weighted by Crippen LogP contribution is 2.52. The van der Waals surface area contributed by atoms with Gasteiger partial charge in [-0.15, -0.1) is 0 Å². The van der Waals surface area contributed by atoms with Gasteiger partial charge < -0.3 is 4.74 Å². The van der Waals surface area contributed by atoms with Gasteiger partial charge in [0.2, 0.25) is 0 Å². The summed E-state index contributed by atoms with van der Waals surface area (Å²) in [7, 11) is 1.46. The van der Waals surface area contributed by atoms with Crippen LogP contribution in [0.3, 0.4) is 0 Å². The van der Waals surface area contributed by atoms with Gasteiger partial charge in [0.1, 0.15) is 0 Å². The van der Waals surface area contributed by atoms with Crippen LogP contribution in [-0.2, 0) is 4.74 Å². The van der Waals surface area contributed by atoms with E-state index in [2.05, 4.69) is 48.5 Å². The van der Waals surface area contributed by atoms with E-state index in [0.717, 1.165) is 12.8 Å². The first kappa shape index (κ1) is 15.3. The first-order valence-electron chi connectivity index (χ1n) is 8.18. The fraction of sp³-hybridized carbons (Fsp3) is 0.250. The number of rotatable bonds is 3. The molecule has 0 N–H and O–H groups in total. The zero-order valence-electron chi connectivity index (χ0n) is 13.5. The molecule has 1 amide bonds. The minimum atomic E-state index is -0.223. The van der Waals surface area contributed by atoms with Gasteiger partial charge in [-0.3, -0.25) is 4.90 Å². The SMILES string of the molecule is COC(=O)N1C2CCC1C(c1ccccc1)=C2Sc1ccccc1. The number of benzene rings is 2. The van der Waals surface area contributed by atoms with Gasteiger partial charge in [-0.05, 0) is 36.1 Å². The van der Waals surface area contributed by atoms with Crippen LogP contribution in [-0.4, -0.2) is 30.2 Å². The van der Waals surface area contributed by atoms with Gasteiger partial charge in [0.15, 0.2) is 0 Å². The van der Waals surface area contributed by atoms with Crippen LogP contribution < -0.4 is 0 Å². The molecule has 2 aromatic carbocycles. The summed E-state index contributed by atoms with van der Waals surface area (Å²) < 4.78 is 5.05. The normalized spacial score (nSPS) is 22.1. The molecule has 2 unspecified atom stereocenters. The first-order valence-corrected chi connectivity index (χ1v) is 9.00. The maximum atomic E-state index is 12.3. The summed E-state index contributed by atoms with van der Waals surface area (Å²) >= 11 is 1.78. The van der Waals surface area contributed by atoms with Crippen molar-refractivity contribution in [1.29, 1.82) is 0 Å². The number of hydrogen-bond donors (Lipinski definition) is 0. The molecule has 0 aliphatic carbocycles. The molecule has 0 saturated carbocycles. The van der Waals surface area contributed by atoms with E-state index in [0.29, 0.717) is 0 Å². The molecule has 4 rings (SSSR count). The monoisotopic (exact) mass is 337 g/mol. The molecular weight excluding hydrogens is 318 g/mol. The second kappa shape index (κ2) is 6.36. The van der Waals surface area contributed by atoms with Crippen LogP contribution in [0.2, 0.25) is 0 Å². The Hall–Kier alpha value is -2.20. The number of amides is 1. The largest absolute Gasteiger partial charge is 0.453 e. The summed E-state index contributed by atoms with van der Waals surface area (Å²) in [6.07, 6.45) is 1.79. The fourth-order valence-electron chi connectivity index (χ4n) is 3.75. The van der Waals surface area contributed by atoms with E-state index in [1.807, 2.05) is 17.0 Å². The van der Waals surface area contributed by atoms with Crippen molar-refractivity contribution in [3.05, 3.63) is 71.1 Å². The van der Waals surface area contributed by atoms with Gasteiger partial charge in [-0.2, -0.15) is 0 Å². The summed E-state index contributed by atoms with van der Waals surface area (Å²) in [6.45, 7) is 0. The third-order valence-electron chi connectivity index (χ3n) is 4.73. The third kappa shape index (κ3) is 2.51. The number of ether oxygens (including phenoxy) is 1. The van der Waals surface area contributed by atoms with Crippen LogP contribution in [0.1, 0.15) is 18.4 Å². The average molecular weight is 337 g/mol. The van der Waals surface area contributed by atoms with Crippen molar-refractivity contribution in [2.24, 2.45) is 0 Å². The number of fused-ring (bicyclic) bond motifs is 2. The van der Waals surface area contributed by atoms with Gasteiger partial charge in [0.25, 0.3) is 0 Å². The Bertz CT molecular complexity index is 773. The summed E-state index contributed by atoms with van der Waals surface area (Å²) in [4.78, 5) is 16.7. The van der Waals surface area contributed by atoms with Crippen LogP contribution >= 0.6 is 11.8 Å². The second-order valence-electron chi connectivity index (χ2n) is 6.05. The van der Waals surface area contributed by atoms with Gasteiger partial charge in [-0.25, -0.2) is 4.79 Å². The number of nitrogens with zero attached hydrogens (tertiary/aromatic N) is 1. The van der Waals surface area contributed by atoms with E-state index in [1.165, 1.54) is 28.0 Å². The number of methoxy groups -OCH3 is 1. The van der Waals surface area contributed by atoms with Gasteiger partial charge in [0, 0.05) is 9.80 Å². The number of hydrogen-bond acceptors (Lipinski definition) is 3. The quantitative estimate of drug-likeness (QED) is 0.805. The fourth-order valence-corrected chi connectivity index (χ4v) is 5.02. The van der Waals surface area contributed by atoms with Crippen molar-refractivity contribution in [3.63, 3.8) is 0 Å². The van der Waals surface area contributed by atoms with Gasteiger partial charge in [0.05, 0.1) is 19.2 Å². The van der Waals surface area contributed by atoms with E-state index in [1.54, 1.807) is 11.8 Å². The molecule has 2 atom stereocenters. The molecule has 2 aromatic rings. The smallest absolute Gasteiger partial charge is 0.410 e. The Kier molecular flexibility index (Phi) is 4.07. The molecular formula is C20H19NO2S. The van der Waals surface area contributed by atoms with Crippen molar-refractivity contribution in [1.82, 2.24) is 4.90 Å². The molecule has 0 radical (unpaired) electrons. The summed E-state index contributed by atoms with van der Waals surface area (Å²) in [5.41, 5.74) is 2.49. The molecule has 2 bridgehead atoms. The minimum Gasteiger partial charge on any atom is -0.453 e. The zero-order chi connectivity index (χ0) is 16.5. The first-order chi connectivity index (χ1) is 11.8. The lowest BCUT2D eigenvalue weighted by Crippen LogP contribution is -2.36. The van der Waals surface area contributed by atoms with E-state index >= 15 is 0 Å². The molecule has 122 valence electrons. The Labute approximate surface area is 146 Å². The number of carbonyl (C=O) groups excluding carboxylic acids is 1. The molecule has 0 spiro atoms. The molecule has 0 aromatic heterocycles. The Morgan fingerprint density at radius 2 is 1.62 bits per heavy atom. The lowest BCUT2D eigenvalue weighted by molar-refractivity contribution is 0.121. The van der Waals surface area contributed by atoms with Crippen molar-refractivity contribution in [2.75, 3.05) is 7.11 Å². The Morgan fingerprint density at radius 1 is 1.00 bits per heavy atom. The van der Waals surface area contributed by atoms with Crippen LogP contribution in [0.25, 0.3) is 5.57 Å². The topological polar surface area (TPSA) is 29.5 Å². The van der Waals surface area contributed by atoms with Crippen molar-refractivity contribution < 1.29 is 9.53 Å². The number of carbonyl (C=O) groups is 1. The molecule has 24 heavy (non-hydrogen) atoms. The molecule has 2 aliphatic heterocycles. The van der Waals surface area contributed by atoms with Crippen molar-refractivity contribution in [2.45, 2.75) is 29.8 Å². The minimum absolute atomic E-state index is 0.121. The van der Waals surface area contributed by atoms with E-state index in [-0.39, 0.29) is 18.2 Å². The average Bonchev–Trinajstić information content (AvgIpc) is 3.19. The zero-order valence-corrected chi connectivity index (χ0v) is 14.3. The number of thioether (sulfide) groups is 1. The second-order valence-corrected chi connectivity index (χ2v) is 7.16. The Morgan fingerprint density at radius 3 is 2.29 bits per heavy atom. The molecule has 2 heterocycles. The third-order valence-corrected chi connectivity index (χ3v) is 5.95. The predicted octanol–water partition coefficient (Wildman–Crippen LogP) is 4.80. The van der Waals surface area contributed by atoms with E-state index in [4.69, 9.17) is 4.74 Å². The molecule has 1 saturated heterocycles. The lowest BCUT2D eigenvalue weighted by Gasteiger charge is -2.22. The predicted molar refractivity (Wildman–Crippen MR) is 96.7 cm³/mol. The Balaban J connectivity index is 1.78. The van der Waals surface area contributed by atoms with E-state index < -0.39 is 0 Å². The molecule has 4 heteroatoms. The summed E-state index contributed by atoms with van der Waals surface area (Å²) in [5.74, 6) is 0. The highest BCUT2D eigenvalue weighted by Gasteiger charge is 2.49. The van der Waals surface area contributed by atoms with Crippen LogP contribution in [0.4, 0.5) is 4.79 Å². The van der Waals surface area contributed by atoms with E-state index in [9.17, 15) is 4.79 Å². The van der Waals surface area contributed by atoms with Gasteiger partial charge in [-0.1, -0.05) is 60.3 Å². The summed E-state index contributed by atoms with van der Waals surface area (Å²) in [5, 5.41) is 0. The molecule has 1 fully saturated rings. The van der Waals surface area contributed by atoms with Crippen molar-refractivity contribution in [3.8, 4) is 0 Å². The molecule has 3 nitrogen and oxygen atoms in total. The standard InChI is InChI=1S/C20H19NO2S/c1-23-20(22)21-16-12-13-17(21)19(24-15-10-6-3-7-11-15)18(16)14-8-4-2-5-9-14/h2-11,16-17H,12-13H2,1H3. The maximum Gasteiger partial charge on any atom is 0.410 e. The lowest BCUT2D eigenvalue weighted by atomic mass is 9.93. The highest BCUT2D eigenvalue weighted by molar-refractivity contribution is 8.03. The van der Waals surface area contributed by atoms with Crippen LogP contribution in [0.15, 0.2) is 70.5 Å². The maximum absolute atomic E-state index is 12.3. The molecule has 2 aliphatic rings. The van der Waals surface area contributed by atoms with Crippen LogP contribution in [0.5, 0.6) is 0 Å². The summed E-state index contributed by atoms with van der Waals surface area (Å²) in [6, 6.07) is 21.0. The van der Waals surface area contributed by atoms with Crippen LogP contribution in [0, 0.1) is 0 Å².